The molecular formula is C19H22N2O3. The number of amides is 2. The van der Waals surface area contributed by atoms with Gasteiger partial charge in [0.2, 0.25) is 0 Å². The van der Waals surface area contributed by atoms with Gasteiger partial charge in [-0.25, -0.2) is 0 Å². The predicted molar refractivity (Wildman–Crippen MR) is 94.3 cm³/mol. The fraction of sp³-hybridized carbons (Fsp3) is 0.263. The maximum absolute atomic E-state index is 11.9. The van der Waals surface area contributed by atoms with Crippen LogP contribution >= 0.6 is 0 Å². The van der Waals surface area contributed by atoms with Crippen LogP contribution < -0.4 is 15.4 Å². The molecule has 2 amide bonds. The van der Waals surface area contributed by atoms with Gasteiger partial charge in [-0.15, -0.1) is 0 Å². The van der Waals surface area contributed by atoms with E-state index in [0.717, 1.165) is 22.4 Å². The Bertz CT molecular complexity index is 741. The average Bonchev–Trinajstić information content (AvgIpc) is 2.58. The molecule has 0 unspecified atom stereocenters. The van der Waals surface area contributed by atoms with Crippen molar-refractivity contribution in [3.8, 4) is 5.75 Å². The monoisotopic (exact) mass is 326 g/mol. The van der Waals surface area contributed by atoms with Gasteiger partial charge >= 0.3 is 11.8 Å². The number of anilines is 1. The van der Waals surface area contributed by atoms with E-state index in [4.69, 9.17) is 4.74 Å². The molecular weight excluding hydrogens is 304 g/mol. The summed E-state index contributed by atoms with van der Waals surface area (Å²) in [6, 6.07) is 13.1. The Morgan fingerprint density at radius 1 is 1.00 bits per heavy atom. The highest BCUT2D eigenvalue weighted by molar-refractivity contribution is 6.39. The van der Waals surface area contributed by atoms with E-state index in [-0.39, 0.29) is 0 Å². The van der Waals surface area contributed by atoms with E-state index < -0.39 is 11.8 Å². The molecule has 0 heterocycles. The fourth-order valence-electron chi connectivity index (χ4n) is 2.31. The summed E-state index contributed by atoms with van der Waals surface area (Å²) in [7, 11) is 1.61. The van der Waals surface area contributed by atoms with Gasteiger partial charge in [0.1, 0.15) is 5.75 Å². The van der Waals surface area contributed by atoms with E-state index in [9.17, 15) is 9.59 Å². The van der Waals surface area contributed by atoms with Crippen molar-refractivity contribution in [1.82, 2.24) is 5.32 Å². The van der Waals surface area contributed by atoms with Crippen molar-refractivity contribution in [3.05, 3.63) is 59.2 Å². The molecule has 0 aromatic heterocycles. The Morgan fingerprint density at radius 2 is 1.75 bits per heavy atom. The zero-order valence-corrected chi connectivity index (χ0v) is 14.2. The third-order valence-electron chi connectivity index (χ3n) is 3.84. The quantitative estimate of drug-likeness (QED) is 0.830. The summed E-state index contributed by atoms with van der Waals surface area (Å²) >= 11 is 0. The van der Waals surface area contributed by atoms with Crippen LogP contribution in [-0.4, -0.2) is 25.5 Å². The first-order chi connectivity index (χ1) is 11.5. The second kappa shape index (κ2) is 8.15. The molecule has 0 aliphatic heterocycles. The van der Waals surface area contributed by atoms with Crippen LogP contribution in [-0.2, 0) is 16.0 Å². The summed E-state index contributed by atoms with van der Waals surface area (Å²) in [6.45, 7) is 4.31. The second-order valence-corrected chi connectivity index (χ2v) is 5.57. The van der Waals surface area contributed by atoms with E-state index >= 15 is 0 Å². The first-order valence-electron chi connectivity index (χ1n) is 7.79. The third-order valence-corrected chi connectivity index (χ3v) is 3.84. The molecule has 2 aromatic rings. The van der Waals surface area contributed by atoms with E-state index in [0.29, 0.717) is 18.7 Å². The third kappa shape index (κ3) is 4.59. The summed E-state index contributed by atoms with van der Waals surface area (Å²) in [6.07, 6.45) is 0.590. The number of carbonyl (C=O) groups is 2. The van der Waals surface area contributed by atoms with Crippen molar-refractivity contribution >= 4 is 17.5 Å². The highest BCUT2D eigenvalue weighted by Gasteiger charge is 2.13. The Morgan fingerprint density at radius 3 is 2.46 bits per heavy atom. The second-order valence-electron chi connectivity index (χ2n) is 5.57. The maximum atomic E-state index is 11.9. The highest BCUT2D eigenvalue weighted by atomic mass is 16.5. The van der Waals surface area contributed by atoms with Crippen LogP contribution in [0.4, 0.5) is 5.69 Å². The van der Waals surface area contributed by atoms with Crippen molar-refractivity contribution in [2.45, 2.75) is 20.3 Å². The molecule has 2 rings (SSSR count). The Balaban J connectivity index is 1.85. The SMILES string of the molecule is COc1ccccc1CCNC(=O)C(=O)Nc1ccc(C)c(C)c1. The molecule has 5 heteroatoms. The zero-order valence-electron chi connectivity index (χ0n) is 14.2. The molecule has 0 aliphatic carbocycles. The van der Waals surface area contributed by atoms with Crippen LogP contribution in [0.5, 0.6) is 5.75 Å². The number of methoxy groups -OCH3 is 1. The number of nitrogens with one attached hydrogen (secondary N) is 2. The van der Waals surface area contributed by atoms with Crippen molar-refractivity contribution in [2.75, 3.05) is 19.0 Å². The molecule has 0 saturated carbocycles. The van der Waals surface area contributed by atoms with Crippen LogP contribution in [0.25, 0.3) is 0 Å². The van der Waals surface area contributed by atoms with Gasteiger partial charge in [-0.05, 0) is 55.2 Å². The molecule has 0 fully saturated rings. The summed E-state index contributed by atoms with van der Waals surface area (Å²) < 4.78 is 5.26. The van der Waals surface area contributed by atoms with Gasteiger partial charge in [-0.2, -0.15) is 0 Å². The molecule has 24 heavy (non-hydrogen) atoms. The molecule has 5 nitrogen and oxygen atoms in total. The van der Waals surface area contributed by atoms with Crippen molar-refractivity contribution in [1.29, 1.82) is 0 Å². The average molecular weight is 326 g/mol. The van der Waals surface area contributed by atoms with Gasteiger partial charge in [0.25, 0.3) is 0 Å². The fourth-order valence-corrected chi connectivity index (χ4v) is 2.31. The number of benzene rings is 2. The summed E-state index contributed by atoms with van der Waals surface area (Å²) in [5.41, 5.74) is 3.79. The number of carbonyl (C=O) groups excluding carboxylic acids is 2. The van der Waals surface area contributed by atoms with Gasteiger partial charge in [-0.3, -0.25) is 9.59 Å². The van der Waals surface area contributed by atoms with Crippen LogP contribution in [0.2, 0.25) is 0 Å². The first kappa shape index (κ1) is 17.5. The van der Waals surface area contributed by atoms with E-state index in [1.54, 1.807) is 13.2 Å². The minimum Gasteiger partial charge on any atom is -0.496 e. The van der Waals surface area contributed by atoms with Crippen molar-refractivity contribution in [2.24, 2.45) is 0 Å². The molecule has 126 valence electrons. The molecule has 0 spiro atoms. The highest BCUT2D eigenvalue weighted by Crippen LogP contribution is 2.17. The maximum Gasteiger partial charge on any atom is 0.313 e. The van der Waals surface area contributed by atoms with Crippen LogP contribution in [0, 0.1) is 13.8 Å². The van der Waals surface area contributed by atoms with Gasteiger partial charge in [0, 0.05) is 12.2 Å². The topological polar surface area (TPSA) is 67.4 Å². The Hall–Kier alpha value is -2.82. The smallest absolute Gasteiger partial charge is 0.313 e. The normalized spacial score (nSPS) is 10.1. The van der Waals surface area contributed by atoms with Gasteiger partial charge in [0.15, 0.2) is 0 Å². The van der Waals surface area contributed by atoms with Crippen LogP contribution in [0.15, 0.2) is 42.5 Å². The number of para-hydroxylation sites is 1. The lowest BCUT2D eigenvalue weighted by Gasteiger charge is -2.10. The number of hydrogen-bond acceptors (Lipinski definition) is 3. The molecule has 0 bridgehead atoms. The minimum atomic E-state index is -0.668. The molecule has 0 aliphatic rings. The molecule has 0 radical (unpaired) electrons. The molecule has 0 saturated heterocycles. The lowest BCUT2D eigenvalue weighted by molar-refractivity contribution is -0.136. The zero-order chi connectivity index (χ0) is 17.5. The Kier molecular flexibility index (Phi) is 5.95. The summed E-state index contributed by atoms with van der Waals surface area (Å²) in [5, 5.41) is 5.23. The number of aryl methyl sites for hydroxylation is 2. The van der Waals surface area contributed by atoms with Gasteiger partial charge in [0.05, 0.1) is 7.11 Å². The number of rotatable bonds is 5. The Labute approximate surface area is 142 Å². The lowest BCUT2D eigenvalue weighted by Crippen LogP contribution is -2.36. The largest absolute Gasteiger partial charge is 0.496 e. The van der Waals surface area contributed by atoms with E-state index in [2.05, 4.69) is 10.6 Å². The minimum absolute atomic E-state index is 0.361. The molecule has 2 aromatic carbocycles. The van der Waals surface area contributed by atoms with E-state index in [1.165, 1.54) is 0 Å². The summed E-state index contributed by atoms with van der Waals surface area (Å²) in [4.78, 5) is 23.8. The van der Waals surface area contributed by atoms with Crippen LogP contribution in [0.3, 0.4) is 0 Å². The van der Waals surface area contributed by atoms with Gasteiger partial charge < -0.3 is 15.4 Å². The van der Waals surface area contributed by atoms with Crippen LogP contribution in [0.1, 0.15) is 16.7 Å². The number of ether oxygens (including phenoxy) is 1. The van der Waals surface area contributed by atoms with Crippen molar-refractivity contribution in [3.63, 3.8) is 0 Å². The molecule has 0 atom stereocenters. The lowest BCUT2D eigenvalue weighted by atomic mass is 10.1. The number of hydrogen-bond donors (Lipinski definition) is 2. The van der Waals surface area contributed by atoms with Gasteiger partial charge in [-0.1, -0.05) is 24.3 Å². The standard InChI is InChI=1S/C19H22N2O3/c1-13-8-9-16(12-14(13)2)21-19(23)18(22)20-11-10-15-6-4-5-7-17(15)24-3/h4-9,12H,10-11H2,1-3H3,(H,20,22)(H,21,23). The summed E-state index contributed by atoms with van der Waals surface area (Å²) in [5.74, 6) is -0.548. The predicted octanol–water partition coefficient (Wildman–Crippen LogP) is 2.61. The molecule has 2 N–H and O–H groups in total. The first-order valence-corrected chi connectivity index (χ1v) is 7.79. The van der Waals surface area contributed by atoms with E-state index in [1.807, 2.05) is 50.2 Å². The van der Waals surface area contributed by atoms with Crippen molar-refractivity contribution < 1.29 is 14.3 Å².